The molecule has 1 N–H and O–H groups in total. The van der Waals surface area contributed by atoms with Crippen molar-refractivity contribution in [1.82, 2.24) is 10.2 Å². The maximum atomic E-state index is 5.66. The van der Waals surface area contributed by atoms with Gasteiger partial charge in [-0.1, -0.05) is 20.8 Å². The predicted octanol–water partition coefficient (Wildman–Crippen LogP) is 2.51. The summed E-state index contributed by atoms with van der Waals surface area (Å²) in [6, 6.07) is 0.648. The minimum Gasteiger partial charge on any atom is -0.381 e. The highest BCUT2D eigenvalue weighted by molar-refractivity contribution is 4.92. The number of hydrogen-bond acceptors (Lipinski definition) is 3. The zero-order valence-electron chi connectivity index (χ0n) is 13.0. The van der Waals surface area contributed by atoms with Crippen LogP contribution < -0.4 is 5.32 Å². The van der Waals surface area contributed by atoms with E-state index in [1.54, 1.807) is 0 Å². The summed E-state index contributed by atoms with van der Waals surface area (Å²) in [5, 5.41) is 3.67. The van der Waals surface area contributed by atoms with E-state index in [1.807, 2.05) is 0 Å². The van der Waals surface area contributed by atoms with Crippen molar-refractivity contribution in [2.75, 3.05) is 32.8 Å². The summed E-state index contributed by atoms with van der Waals surface area (Å²) < 4.78 is 5.66. The van der Waals surface area contributed by atoms with Gasteiger partial charge in [-0.05, 0) is 32.6 Å². The fourth-order valence-electron chi connectivity index (χ4n) is 2.41. The fourth-order valence-corrected chi connectivity index (χ4v) is 2.41. The Morgan fingerprint density at radius 1 is 1.44 bits per heavy atom. The second-order valence-corrected chi connectivity index (χ2v) is 6.44. The maximum absolute atomic E-state index is 5.66. The molecular weight excluding hydrogens is 224 g/mol. The van der Waals surface area contributed by atoms with Gasteiger partial charge >= 0.3 is 0 Å². The number of ether oxygens (including phenoxy) is 1. The van der Waals surface area contributed by atoms with Crippen LogP contribution in [-0.4, -0.2) is 49.3 Å². The Balaban J connectivity index is 2.23. The minimum atomic E-state index is 0.297. The summed E-state index contributed by atoms with van der Waals surface area (Å²) >= 11 is 0. The van der Waals surface area contributed by atoms with Gasteiger partial charge < -0.3 is 10.1 Å². The number of piperazine rings is 1. The van der Waals surface area contributed by atoms with Crippen LogP contribution in [-0.2, 0) is 4.74 Å². The summed E-state index contributed by atoms with van der Waals surface area (Å²) in [6.45, 7) is 16.5. The molecule has 0 aliphatic carbocycles. The first-order chi connectivity index (χ1) is 8.47. The van der Waals surface area contributed by atoms with Crippen LogP contribution in [0.15, 0.2) is 0 Å². The van der Waals surface area contributed by atoms with Gasteiger partial charge in [-0.3, -0.25) is 4.90 Å². The molecule has 2 unspecified atom stereocenters. The third kappa shape index (κ3) is 5.25. The molecule has 1 rings (SSSR count). The van der Waals surface area contributed by atoms with Gasteiger partial charge in [-0.25, -0.2) is 0 Å². The first-order valence-electron chi connectivity index (χ1n) is 7.53. The van der Waals surface area contributed by atoms with Crippen LogP contribution in [0.2, 0.25) is 0 Å². The lowest BCUT2D eigenvalue weighted by Gasteiger charge is -2.45. The molecule has 0 amide bonds. The highest BCUT2D eigenvalue weighted by atomic mass is 16.5. The topological polar surface area (TPSA) is 24.5 Å². The van der Waals surface area contributed by atoms with E-state index in [0.29, 0.717) is 17.5 Å². The van der Waals surface area contributed by atoms with Crippen molar-refractivity contribution in [1.29, 1.82) is 0 Å². The molecule has 0 saturated carbocycles. The fraction of sp³-hybridized carbons (Fsp3) is 1.00. The molecule has 1 aliphatic heterocycles. The van der Waals surface area contributed by atoms with Crippen LogP contribution >= 0.6 is 0 Å². The van der Waals surface area contributed by atoms with Crippen molar-refractivity contribution in [2.24, 2.45) is 5.92 Å². The zero-order valence-corrected chi connectivity index (χ0v) is 13.0. The molecule has 18 heavy (non-hydrogen) atoms. The average Bonchev–Trinajstić information content (AvgIpc) is 2.33. The van der Waals surface area contributed by atoms with Gasteiger partial charge in [0.05, 0.1) is 0 Å². The van der Waals surface area contributed by atoms with Crippen LogP contribution in [0.1, 0.15) is 47.5 Å². The lowest BCUT2D eigenvalue weighted by molar-refractivity contribution is 0.0664. The van der Waals surface area contributed by atoms with E-state index in [-0.39, 0.29) is 0 Å². The highest BCUT2D eigenvalue weighted by Crippen LogP contribution is 2.18. The van der Waals surface area contributed by atoms with Gasteiger partial charge in [0.25, 0.3) is 0 Å². The van der Waals surface area contributed by atoms with Crippen molar-refractivity contribution >= 4 is 0 Å². The normalized spacial score (nSPS) is 30.0. The summed E-state index contributed by atoms with van der Waals surface area (Å²) in [6.07, 6.45) is 2.34. The van der Waals surface area contributed by atoms with Gasteiger partial charge in [-0.2, -0.15) is 0 Å². The Morgan fingerprint density at radius 2 is 2.17 bits per heavy atom. The van der Waals surface area contributed by atoms with Gasteiger partial charge in [0.2, 0.25) is 0 Å². The van der Waals surface area contributed by atoms with Crippen LogP contribution in [0.3, 0.4) is 0 Å². The minimum absolute atomic E-state index is 0.297. The Labute approximate surface area is 113 Å². The molecule has 0 radical (unpaired) electrons. The Hall–Kier alpha value is -0.120. The molecule has 0 aromatic heterocycles. The number of nitrogens with one attached hydrogen (secondary N) is 1. The van der Waals surface area contributed by atoms with Crippen LogP contribution in [0.5, 0.6) is 0 Å². The third-order valence-corrected chi connectivity index (χ3v) is 3.97. The second kappa shape index (κ2) is 7.46. The molecule has 1 heterocycles. The van der Waals surface area contributed by atoms with Crippen LogP contribution in [0.4, 0.5) is 0 Å². The molecule has 1 saturated heterocycles. The van der Waals surface area contributed by atoms with Crippen molar-refractivity contribution < 1.29 is 4.74 Å². The van der Waals surface area contributed by atoms with E-state index in [9.17, 15) is 0 Å². The van der Waals surface area contributed by atoms with Crippen molar-refractivity contribution in [3.63, 3.8) is 0 Å². The SMILES string of the molecule is CCC1(C)CN(CCCOCC(C)C)C(C)CN1. The van der Waals surface area contributed by atoms with Gasteiger partial charge in [0.1, 0.15) is 0 Å². The summed E-state index contributed by atoms with van der Waals surface area (Å²) in [5.41, 5.74) is 0.297. The standard InChI is InChI=1S/C15H32N2O/c1-6-15(5)12-17(14(4)10-16-15)8-7-9-18-11-13(2)3/h13-14,16H,6-12H2,1-5H3. The molecule has 0 aromatic rings. The molecular formula is C15H32N2O. The van der Waals surface area contributed by atoms with Gasteiger partial charge in [0, 0.05) is 44.4 Å². The largest absolute Gasteiger partial charge is 0.381 e. The number of hydrogen-bond donors (Lipinski definition) is 1. The molecule has 0 bridgehead atoms. The summed E-state index contributed by atoms with van der Waals surface area (Å²) in [7, 11) is 0. The predicted molar refractivity (Wildman–Crippen MR) is 78.0 cm³/mol. The van der Waals surface area contributed by atoms with Gasteiger partial charge in [-0.15, -0.1) is 0 Å². The third-order valence-electron chi connectivity index (χ3n) is 3.97. The average molecular weight is 256 g/mol. The van der Waals surface area contributed by atoms with E-state index < -0.39 is 0 Å². The first kappa shape index (κ1) is 15.9. The second-order valence-electron chi connectivity index (χ2n) is 6.44. The lowest BCUT2D eigenvalue weighted by atomic mass is 9.94. The summed E-state index contributed by atoms with van der Waals surface area (Å²) in [4.78, 5) is 2.61. The van der Waals surface area contributed by atoms with Gasteiger partial charge in [0.15, 0.2) is 0 Å². The van der Waals surface area contributed by atoms with Crippen molar-refractivity contribution in [3.8, 4) is 0 Å². The molecule has 0 aromatic carbocycles. The Kier molecular flexibility index (Phi) is 6.61. The Morgan fingerprint density at radius 3 is 2.78 bits per heavy atom. The van der Waals surface area contributed by atoms with Crippen molar-refractivity contribution in [2.45, 2.75) is 59.0 Å². The molecule has 108 valence electrons. The van der Waals surface area contributed by atoms with E-state index in [4.69, 9.17) is 4.74 Å². The molecule has 3 nitrogen and oxygen atoms in total. The maximum Gasteiger partial charge on any atom is 0.0489 e. The quantitative estimate of drug-likeness (QED) is 0.708. The van der Waals surface area contributed by atoms with E-state index >= 15 is 0 Å². The first-order valence-corrected chi connectivity index (χ1v) is 7.53. The van der Waals surface area contributed by atoms with E-state index in [1.165, 1.54) is 6.42 Å². The monoisotopic (exact) mass is 256 g/mol. The van der Waals surface area contributed by atoms with Crippen molar-refractivity contribution in [3.05, 3.63) is 0 Å². The molecule has 1 fully saturated rings. The highest BCUT2D eigenvalue weighted by Gasteiger charge is 2.31. The molecule has 1 aliphatic rings. The Bertz CT molecular complexity index is 233. The molecule has 0 spiro atoms. The molecule has 3 heteroatoms. The van der Waals surface area contributed by atoms with E-state index in [2.05, 4.69) is 44.8 Å². The van der Waals surface area contributed by atoms with Crippen LogP contribution in [0.25, 0.3) is 0 Å². The lowest BCUT2D eigenvalue weighted by Crippen LogP contribution is -2.62. The zero-order chi connectivity index (χ0) is 13.6. The smallest absolute Gasteiger partial charge is 0.0489 e. The number of nitrogens with zero attached hydrogens (tertiary/aromatic N) is 1. The summed E-state index contributed by atoms with van der Waals surface area (Å²) in [5.74, 6) is 0.645. The van der Waals surface area contributed by atoms with Crippen LogP contribution in [0, 0.1) is 5.92 Å². The molecule has 2 atom stereocenters. The number of rotatable bonds is 7. The van der Waals surface area contributed by atoms with E-state index in [0.717, 1.165) is 39.3 Å².